The molecule has 1 heterocycles. The average Bonchev–Trinajstić information content (AvgIpc) is 3.00. The highest BCUT2D eigenvalue weighted by atomic mass is 127. The topological polar surface area (TPSA) is 61.8 Å². The second-order valence-electron chi connectivity index (χ2n) is 5.51. The highest BCUT2D eigenvalue weighted by molar-refractivity contribution is 14.2. The van der Waals surface area contributed by atoms with Gasteiger partial charge in [0, 0.05) is 16.9 Å². The molecule has 5 nitrogen and oxygen atoms in total. The fraction of sp³-hybridized carbons (Fsp3) is 0.444. The van der Waals surface area contributed by atoms with E-state index in [1.165, 1.54) is 0 Å². The molecule has 0 aromatic heterocycles. The molecule has 0 saturated heterocycles. The van der Waals surface area contributed by atoms with Gasteiger partial charge in [-0.15, -0.1) is 0 Å². The third-order valence-corrected chi connectivity index (χ3v) is 5.80. The first-order valence-electron chi connectivity index (χ1n) is 7.98. The van der Waals surface area contributed by atoms with E-state index in [2.05, 4.69) is 21.2 Å². The molecular formula is C18H21IO5S. The third-order valence-electron chi connectivity index (χ3n) is 4.16. The number of esters is 1. The molecule has 0 atom stereocenters. The van der Waals surface area contributed by atoms with E-state index >= 15 is 0 Å². The van der Waals surface area contributed by atoms with Gasteiger partial charge in [-0.3, -0.25) is 4.79 Å². The van der Waals surface area contributed by atoms with Crippen LogP contribution in [0.5, 0.6) is 11.5 Å². The molecule has 0 unspecified atom stereocenters. The van der Waals surface area contributed by atoms with Crippen molar-refractivity contribution in [3.63, 3.8) is 0 Å². The summed E-state index contributed by atoms with van der Waals surface area (Å²) < 4.78 is 16.8. The lowest BCUT2D eigenvalue weighted by atomic mass is 9.94. The Balaban J connectivity index is 2.58. The minimum atomic E-state index is -0.366. The molecule has 0 saturated carbocycles. The minimum Gasteiger partial charge on any atom is -0.496 e. The Labute approximate surface area is 164 Å². The zero-order chi connectivity index (χ0) is 18.4. The summed E-state index contributed by atoms with van der Waals surface area (Å²) in [5.74, 6) is 1.63. The molecule has 25 heavy (non-hydrogen) atoms. The number of halogens is 1. The Morgan fingerprint density at radius 3 is 2.76 bits per heavy atom. The maximum Gasteiger partial charge on any atom is 0.342 e. The number of carbonyl (C=O) groups is 2. The minimum absolute atomic E-state index is 0.235. The second kappa shape index (κ2) is 9.47. The lowest BCUT2D eigenvalue weighted by Crippen LogP contribution is -2.10. The first-order valence-corrected chi connectivity index (χ1v) is 11.5. The van der Waals surface area contributed by atoms with Gasteiger partial charge in [0.05, 0.1) is 13.7 Å². The van der Waals surface area contributed by atoms with E-state index in [-0.39, 0.29) is 12.6 Å². The Morgan fingerprint density at radius 2 is 2.16 bits per heavy atom. The number of hydrogen-bond donors (Lipinski definition) is 0. The average molecular weight is 476 g/mol. The summed E-state index contributed by atoms with van der Waals surface area (Å²) in [6.45, 7) is 4.55. The van der Waals surface area contributed by atoms with Crippen molar-refractivity contribution < 1.29 is 23.8 Å². The van der Waals surface area contributed by atoms with E-state index in [1.807, 2.05) is 19.9 Å². The summed E-state index contributed by atoms with van der Waals surface area (Å²) in [6, 6.07) is 0. The smallest absolute Gasteiger partial charge is 0.342 e. The molecule has 136 valence electrons. The highest BCUT2D eigenvalue weighted by Gasteiger charge is 2.33. The number of fused-ring (bicyclic) bond motifs is 1. The number of ether oxygens (including phenoxy) is 3. The third kappa shape index (κ3) is 4.31. The molecule has 7 heteroatoms. The van der Waals surface area contributed by atoms with Crippen LogP contribution in [0.4, 0.5) is 0 Å². The van der Waals surface area contributed by atoms with Crippen molar-refractivity contribution in [1.29, 1.82) is 0 Å². The Morgan fingerprint density at radius 1 is 1.40 bits per heavy atom. The number of methoxy groups -OCH3 is 1. The van der Waals surface area contributed by atoms with Crippen LogP contribution in [0, 0.1) is 6.92 Å². The van der Waals surface area contributed by atoms with E-state index in [4.69, 9.17) is 14.2 Å². The highest BCUT2D eigenvalue weighted by Crippen LogP contribution is 2.42. The quantitative estimate of drug-likeness (QED) is 0.175. The Kier molecular flexibility index (Phi) is 7.61. The molecule has 0 radical (unpaired) electrons. The van der Waals surface area contributed by atoms with Gasteiger partial charge in [-0.1, -0.05) is 21.9 Å². The van der Waals surface area contributed by atoms with Crippen LogP contribution in [-0.2, 0) is 22.6 Å². The zero-order valence-electron chi connectivity index (χ0n) is 14.5. The standard InChI is InChI=1S/C18H21IO5S/c1-4-12(9-20)5-6-13-16(22-3)11(2)14-10-24-18(21)15(14)17(13)23-7-8-25-19/h5,9H,4,6-8,10H2,1-3H3/b12-5+. The van der Waals surface area contributed by atoms with Crippen LogP contribution in [0.3, 0.4) is 0 Å². The van der Waals surface area contributed by atoms with Gasteiger partial charge in [0.2, 0.25) is 0 Å². The van der Waals surface area contributed by atoms with Crippen LogP contribution in [-0.4, -0.2) is 31.7 Å². The maximum absolute atomic E-state index is 12.3. The number of rotatable bonds is 9. The molecular weight excluding hydrogens is 455 g/mol. The number of benzene rings is 1. The fourth-order valence-electron chi connectivity index (χ4n) is 2.85. The monoisotopic (exact) mass is 476 g/mol. The molecule has 0 aliphatic carbocycles. The summed E-state index contributed by atoms with van der Waals surface area (Å²) in [6.07, 6.45) is 3.82. The van der Waals surface area contributed by atoms with Gasteiger partial charge in [0.15, 0.2) is 0 Å². The molecule has 1 aliphatic heterocycles. The van der Waals surface area contributed by atoms with Gasteiger partial charge in [-0.2, -0.15) is 0 Å². The summed E-state index contributed by atoms with van der Waals surface area (Å²) in [5.41, 5.74) is 3.68. The lowest BCUT2D eigenvalue weighted by Gasteiger charge is -2.19. The summed E-state index contributed by atoms with van der Waals surface area (Å²) in [7, 11) is 3.24. The summed E-state index contributed by atoms with van der Waals surface area (Å²) in [4.78, 5) is 23.4. The molecule has 0 amide bonds. The molecule has 0 N–H and O–H groups in total. The second-order valence-corrected chi connectivity index (χ2v) is 8.01. The molecule has 1 aromatic rings. The molecule has 2 rings (SSSR count). The van der Waals surface area contributed by atoms with Gasteiger partial charge in [0.25, 0.3) is 0 Å². The van der Waals surface area contributed by atoms with Crippen molar-refractivity contribution in [3.05, 3.63) is 33.9 Å². The number of hydrogen-bond acceptors (Lipinski definition) is 6. The number of cyclic esters (lactones) is 1. The molecule has 0 fully saturated rings. The first-order chi connectivity index (χ1) is 12.1. The van der Waals surface area contributed by atoms with Crippen LogP contribution in [0.2, 0.25) is 0 Å². The van der Waals surface area contributed by atoms with E-state index in [1.54, 1.807) is 16.0 Å². The summed E-state index contributed by atoms with van der Waals surface area (Å²) >= 11 is 2.21. The molecule has 0 spiro atoms. The van der Waals surface area contributed by atoms with Crippen molar-refractivity contribution in [2.24, 2.45) is 0 Å². The van der Waals surface area contributed by atoms with Gasteiger partial charge < -0.3 is 14.2 Å². The Bertz CT molecular complexity index is 699. The van der Waals surface area contributed by atoms with Crippen LogP contribution in [0.25, 0.3) is 0 Å². The van der Waals surface area contributed by atoms with Gasteiger partial charge >= 0.3 is 5.97 Å². The largest absolute Gasteiger partial charge is 0.496 e. The number of aldehydes is 1. The fourth-order valence-corrected chi connectivity index (χ4v) is 3.54. The van der Waals surface area contributed by atoms with Crippen molar-refractivity contribution in [1.82, 2.24) is 0 Å². The van der Waals surface area contributed by atoms with E-state index in [9.17, 15) is 9.59 Å². The van der Waals surface area contributed by atoms with E-state index in [0.29, 0.717) is 42.1 Å². The molecule has 1 aromatic carbocycles. The lowest BCUT2D eigenvalue weighted by molar-refractivity contribution is -0.105. The molecule has 1 aliphatic rings. The van der Waals surface area contributed by atoms with Crippen molar-refractivity contribution in [3.8, 4) is 11.5 Å². The Hall–Kier alpha value is -1.22. The normalized spacial score (nSPS) is 13.4. The van der Waals surface area contributed by atoms with Crippen molar-refractivity contribution >= 4 is 42.4 Å². The maximum atomic E-state index is 12.3. The number of allylic oxidation sites excluding steroid dienone is 2. The van der Waals surface area contributed by atoms with Crippen molar-refractivity contribution in [2.75, 3.05) is 19.5 Å². The van der Waals surface area contributed by atoms with E-state index < -0.39 is 0 Å². The van der Waals surface area contributed by atoms with E-state index in [0.717, 1.165) is 28.7 Å². The predicted molar refractivity (Wildman–Crippen MR) is 107 cm³/mol. The number of carbonyl (C=O) groups excluding carboxylic acids is 2. The van der Waals surface area contributed by atoms with Crippen LogP contribution in [0.1, 0.15) is 40.4 Å². The van der Waals surface area contributed by atoms with Gasteiger partial charge in [0.1, 0.15) is 30.0 Å². The van der Waals surface area contributed by atoms with Crippen LogP contribution >= 0.6 is 30.1 Å². The van der Waals surface area contributed by atoms with Crippen LogP contribution < -0.4 is 9.47 Å². The van der Waals surface area contributed by atoms with Crippen LogP contribution in [0.15, 0.2) is 11.6 Å². The van der Waals surface area contributed by atoms with Gasteiger partial charge in [-0.25, -0.2) is 4.79 Å². The van der Waals surface area contributed by atoms with Gasteiger partial charge in [-0.05, 0) is 52.1 Å². The van der Waals surface area contributed by atoms with Crippen molar-refractivity contribution in [2.45, 2.75) is 33.3 Å². The zero-order valence-corrected chi connectivity index (χ0v) is 17.5. The first kappa shape index (κ1) is 20.1. The summed E-state index contributed by atoms with van der Waals surface area (Å²) in [5, 5.41) is 0. The predicted octanol–water partition coefficient (Wildman–Crippen LogP) is 4.21. The molecule has 0 bridgehead atoms. The SMILES string of the molecule is CC/C(C=O)=C\Cc1c(OC)c(C)c2c(c1OCCSI)C(=O)OC2.